The average Bonchev–Trinajstić information content (AvgIpc) is 2.26. The average molecular weight is 224 g/mol. The molecule has 1 fully saturated rings. The predicted octanol–water partition coefficient (Wildman–Crippen LogP) is 4.99. The molecule has 0 spiro atoms. The number of hydrogen-bond donors (Lipinski definition) is 0. The van der Waals surface area contributed by atoms with Crippen LogP contribution in [0.5, 0.6) is 0 Å². The van der Waals surface area contributed by atoms with Crippen LogP contribution in [0.25, 0.3) is 10.8 Å². The van der Waals surface area contributed by atoms with Gasteiger partial charge in [0.2, 0.25) is 0 Å². The molecule has 1 saturated carbocycles. The molecule has 0 heteroatoms. The predicted molar refractivity (Wildman–Crippen MR) is 74.3 cm³/mol. The van der Waals surface area contributed by atoms with E-state index in [1.165, 1.54) is 23.6 Å². The normalized spacial score (nSPS) is 23.9. The molecule has 0 nitrogen and oxygen atoms in total. The van der Waals surface area contributed by atoms with E-state index in [0.29, 0.717) is 0 Å². The van der Waals surface area contributed by atoms with Crippen LogP contribution in [0.15, 0.2) is 42.5 Å². The summed E-state index contributed by atoms with van der Waals surface area (Å²) in [4.78, 5) is 0. The minimum Gasteiger partial charge on any atom is -0.0625 e. The summed E-state index contributed by atoms with van der Waals surface area (Å²) in [6, 6.07) is 15.6. The van der Waals surface area contributed by atoms with Gasteiger partial charge >= 0.3 is 0 Å². The maximum absolute atomic E-state index is 2.39. The van der Waals surface area contributed by atoms with E-state index in [1.54, 1.807) is 5.56 Å². The van der Waals surface area contributed by atoms with Gasteiger partial charge in [0.05, 0.1) is 0 Å². The van der Waals surface area contributed by atoms with Crippen LogP contribution in [0.3, 0.4) is 0 Å². The minimum atomic E-state index is 0.812. The van der Waals surface area contributed by atoms with Gasteiger partial charge in [0, 0.05) is 0 Å². The highest BCUT2D eigenvalue weighted by molar-refractivity contribution is 5.83. The van der Waals surface area contributed by atoms with E-state index in [4.69, 9.17) is 0 Å². The zero-order valence-corrected chi connectivity index (χ0v) is 10.7. The van der Waals surface area contributed by atoms with Crippen molar-refractivity contribution < 1.29 is 0 Å². The molecule has 0 amide bonds. The van der Waals surface area contributed by atoms with Gasteiger partial charge in [0.1, 0.15) is 0 Å². The number of hydrogen-bond acceptors (Lipinski definition) is 0. The van der Waals surface area contributed by atoms with Gasteiger partial charge in [-0.3, -0.25) is 0 Å². The topological polar surface area (TPSA) is 0 Å². The van der Waals surface area contributed by atoms with Gasteiger partial charge in [-0.05, 0) is 46.9 Å². The molecule has 0 radical (unpaired) electrons. The van der Waals surface area contributed by atoms with Gasteiger partial charge in [-0.15, -0.1) is 0 Å². The zero-order chi connectivity index (χ0) is 11.8. The van der Waals surface area contributed by atoms with E-state index >= 15 is 0 Å². The van der Waals surface area contributed by atoms with Gasteiger partial charge in [0.15, 0.2) is 0 Å². The monoisotopic (exact) mass is 224 g/mol. The van der Waals surface area contributed by atoms with Crippen LogP contribution in [-0.4, -0.2) is 0 Å². The summed E-state index contributed by atoms with van der Waals surface area (Å²) < 4.78 is 0. The first-order valence-corrected chi connectivity index (χ1v) is 6.73. The molecule has 0 unspecified atom stereocenters. The van der Waals surface area contributed by atoms with Crippen LogP contribution in [0, 0.1) is 11.8 Å². The molecule has 2 aromatic rings. The summed E-state index contributed by atoms with van der Waals surface area (Å²) in [7, 11) is 0. The SMILES string of the molecule is CC(C)C1CC(c2ccc3ccccc3c2)C1. The summed E-state index contributed by atoms with van der Waals surface area (Å²) in [6.07, 6.45) is 2.77. The maximum atomic E-state index is 2.39. The van der Waals surface area contributed by atoms with Gasteiger partial charge in [0.25, 0.3) is 0 Å². The van der Waals surface area contributed by atoms with E-state index in [2.05, 4.69) is 56.3 Å². The van der Waals surface area contributed by atoms with Crippen molar-refractivity contribution >= 4 is 10.8 Å². The van der Waals surface area contributed by atoms with E-state index in [1.807, 2.05) is 0 Å². The molecular weight excluding hydrogens is 204 g/mol. The quantitative estimate of drug-likeness (QED) is 0.674. The minimum absolute atomic E-state index is 0.812. The molecule has 0 saturated heterocycles. The van der Waals surface area contributed by atoms with Crippen LogP contribution in [0.2, 0.25) is 0 Å². The highest BCUT2D eigenvalue weighted by Crippen LogP contribution is 2.45. The van der Waals surface area contributed by atoms with E-state index in [0.717, 1.165) is 17.8 Å². The first kappa shape index (κ1) is 10.8. The molecule has 0 heterocycles. The molecule has 0 aliphatic heterocycles. The fourth-order valence-corrected chi connectivity index (χ4v) is 2.94. The Hall–Kier alpha value is -1.30. The summed E-state index contributed by atoms with van der Waals surface area (Å²) in [6.45, 7) is 4.70. The van der Waals surface area contributed by atoms with Crippen molar-refractivity contribution in [1.29, 1.82) is 0 Å². The Morgan fingerprint density at radius 1 is 0.941 bits per heavy atom. The van der Waals surface area contributed by atoms with Crippen molar-refractivity contribution in [2.24, 2.45) is 11.8 Å². The third-order valence-corrected chi connectivity index (χ3v) is 4.36. The maximum Gasteiger partial charge on any atom is -0.0156 e. The van der Waals surface area contributed by atoms with Crippen molar-refractivity contribution in [3.05, 3.63) is 48.0 Å². The number of rotatable bonds is 2. The lowest BCUT2D eigenvalue weighted by Gasteiger charge is -2.38. The fourth-order valence-electron chi connectivity index (χ4n) is 2.94. The van der Waals surface area contributed by atoms with E-state index < -0.39 is 0 Å². The Balaban J connectivity index is 1.83. The summed E-state index contributed by atoms with van der Waals surface area (Å²) in [5, 5.41) is 2.74. The van der Waals surface area contributed by atoms with Crippen molar-refractivity contribution in [2.75, 3.05) is 0 Å². The molecule has 1 aliphatic carbocycles. The Kier molecular flexibility index (Phi) is 2.66. The highest BCUT2D eigenvalue weighted by atomic mass is 14.4. The molecule has 0 atom stereocenters. The third-order valence-electron chi connectivity index (χ3n) is 4.36. The number of fused-ring (bicyclic) bond motifs is 1. The molecule has 17 heavy (non-hydrogen) atoms. The van der Waals surface area contributed by atoms with Crippen molar-refractivity contribution in [3.63, 3.8) is 0 Å². The molecule has 0 N–H and O–H groups in total. The Bertz CT molecular complexity index is 518. The van der Waals surface area contributed by atoms with Crippen LogP contribution in [0.4, 0.5) is 0 Å². The van der Waals surface area contributed by atoms with E-state index in [-0.39, 0.29) is 0 Å². The Labute approximate surface area is 104 Å². The van der Waals surface area contributed by atoms with Crippen LogP contribution in [0.1, 0.15) is 38.2 Å². The molecular formula is C17H20. The lowest BCUT2D eigenvalue weighted by atomic mass is 9.67. The second kappa shape index (κ2) is 4.18. The Morgan fingerprint density at radius 3 is 2.35 bits per heavy atom. The third kappa shape index (κ3) is 1.97. The van der Waals surface area contributed by atoms with Crippen LogP contribution < -0.4 is 0 Å². The first-order valence-electron chi connectivity index (χ1n) is 6.73. The molecule has 1 aliphatic rings. The molecule has 3 rings (SSSR count). The van der Waals surface area contributed by atoms with Crippen molar-refractivity contribution in [3.8, 4) is 0 Å². The van der Waals surface area contributed by atoms with Crippen LogP contribution >= 0.6 is 0 Å². The summed E-state index contributed by atoms with van der Waals surface area (Å²) in [5.74, 6) is 2.62. The number of benzene rings is 2. The van der Waals surface area contributed by atoms with Gasteiger partial charge in [-0.2, -0.15) is 0 Å². The lowest BCUT2D eigenvalue weighted by Crippen LogP contribution is -2.25. The standard InChI is InChI=1S/C17H20/c1-12(2)16-10-17(11-16)15-8-7-13-5-3-4-6-14(13)9-15/h3-9,12,16-17H,10-11H2,1-2H3. The van der Waals surface area contributed by atoms with Crippen molar-refractivity contribution in [2.45, 2.75) is 32.6 Å². The second-order valence-electron chi connectivity index (χ2n) is 5.78. The largest absolute Gasteiger partial charge is 0.0625 e. The summed E-state index contributed by atoms with van der Waals surface area (Å²) in [5.41, 5.74) is 1.54. The highest BCUT2D eigenvalue weighted by Gasteiger charge is 2.31. The van der Waals surface area contributed by atoms with Gasteiger partial charge in [-0.1, -0.05) is 56.3 Å². The first-order chi connectivity index (χ1) is 8.24. The molecule has 0 aromatic heterocycles. The van der Waals surface area contributed by atoms with Crippen molar-refractivity contribution in [1.82, 2.24) is 0 Å². The zero-order valence-electron chi connectivity index (χ0n) is 10.7. The summed E-state index contributed by atoms with van der Waals surface area (Å²) >= 11 is 0. The second-order valence-corrected chi connectivity index (χ2v) is 5.78. The van der Waals surface area contributed by atoms with Gasteiger partial charge < -0.3 is 0 Å². The molecule has 2 aromatic carbocycles. The fraction of sp³-hybridized carbons (Fsp3) is 0.412. The molecule has 88 valence electrons. The Morgan fingerprint density at radius 2 is 1.65 bits per heavy atom. The lowest BCUT2D eigenvalue weighted by molar-refractivity contribution is 0.197. The van der Waals surface area contributed by atoms with Gasteiger partial charge in [-0.25, -0.2) is 0 Å². The molecule has 0 bridgehead atoms. The van der Waals surface area contributed by atoms with Crippen LogP contribution in [-0.2, 0) is 0 Å². The van der Waals surface area contributed by atoms with E-state index in [9.17, 15) is 0 Å². The smallest absolute Gasteiger partial charge is 0.0156 e.